The quantitative estimate of drug-likeness (QED) is 0.331. The fraction of sp³-hybridized carbons (Fsp3) is 0.400. The fourth-order valence-corrected chi connectivity index (χ4v) is 3.45. The minimum Gasteiger partial charge on any atom is -0.423 e. The van der Waals surface area contributed by atoms with Gasteiger partial charge < -0.3 is 38.0 Å². The lowest BCUT2D eigenvalue weighted by Crippen LogP contribution is -2.31. The van der Waals surface area contributed by atoms with Gasteiger partial charge in [-0.2, -0.15) is 15.0 Å². The number of anilines is 4. The smallest absolute Gasteiger partial charge is 0.336 e. The highest BCUT2D eigenvalue weighted by Crippen LogP contribution is 2.24. The van der Waals surface area contributed by atoms with Crippen molar-refractivity contribution in [3.8, 4) is 0 Å². The average Bonchev–Trinajstić information content (AvgIpc) is 2.72. The van der Waals surface area contributed by atoms with E-state index in [1.807, 2.05) is 19.1 Å². The molecular formula is C20H36ClN9O2. The molecule has 0 saturated carbocycles. The number of rotatable bonds is 6. The first-order valence-electron chi connectivity index (χ1n) is 9.89. The van der Waals surface area contributed by atoms with Crippen LogP contribution < -0.4 is 39.2 Å². The standard InChI is InChI=1S/C20H25N7O2.ClH.2H3N.2H2/c1-13-11-17(28)29-16-12-14(5-6-15(13)16)23-19-24-18(22-8-7-21)25-20(26-19)27-9-3-2-4-10-27;;;;;/h5-6,11-12H,2-4,7-10,21H2,1H3,(H2,22,23,24,25,26);1H;2*1H3;2*1H. The van der Waals surface area contributed by atoms with Gasteiger partial charge in [0.1, 0.15) is 5.58 Å². The van der Waals surface area contributed by atoms with Gasteiger partial charge in [-0.25, -0.2) is 4.79 Å². The number of nitrogens with one attached hydrogen (secondary N) is 2. The third kappa shape index (κ3) is 6.26. The van der Waals surface area contributed by atoms with Gasteiger partial charge in [-0.05, 0) is 43.9 Å². The molecule has 11 nitrogen and oxygen atoms in total. The molecule has 3 heterocycles. The number of benzene rings is 1. The summed E-state index contributed by atoms with van der Waals surface area (Å²) in [6.07, 6.45) is 3.48. The molecule has 0 amide bonds. The van der Waals surface area contributed by atoms with Crippen LogP contribution in [0.3, 0.4) is 0 Å². The first kappa shape index (κ1) is 27.0. The summed E-state index contributed by atoms with van der Waals surface area (Å²) in [5, 5.41) is 7.23. The molecule has 10 N–H and O–H groups in total. The van der Waals surface area contributed by atoms with Crippen LogP contribution in [-0.2, 0) is 0 Å². The molecule has 32 heavy (non-hydrogen) atoms. The zero-order valence-electron chi connectivity index (χ0n) is 18.3. The van der Waals surface area contributed by atoms with Crippen LogP contribution in [0.15, 0.2) is 33.5 Å². The van der Waals surface area contributed by atoms with E-state index in [0.29, 0.717) is 36.5 Å². The van der Waals surface area contributed by atoms with Crippen molar-refractivity contribution < 1.29 is 7.27 Å². The van der Waals surface area contributed by atoms with E-state index < -0.39 is 0 Å². The molecule has 4 rings (SSSR count). The van der Waals surface area contributed by atoms with Crippen molar-refractivity contribution in [3.05, 3.63) is 40.2 Å². The van der Waals surface area contributed by atoms with Crippen molar-refractivity contribution in [2.45, 2.75) is 26.2 Å². The Balaban J connectivity index is 0. The summed E-state index contributed by atoms with van der Waals surface area (Å²) < 4.78 is 5.33. The van der Waals surface area contributed by atoms with Gasteiger partial charge in [0.15, 0.2) is 0 Å². The molecule has 3 aromatic rings. The number of halogens is 1. The Hall–Kier alpha value is -2.99. The first-order valence-corrected chi connectivity index (χ1v) is 9.89. The predicted molar refractivity (Wildman–Crippen MR) is 135 cm³/mol. The van der Waals surface area contributed by atoms with Crippen molar-refractivity contribution in [2.75, 3.05) is 41.7 Å². The highest BCUT2D eigenvalue weighted by atomic mass is 35.5. The molecule has 0 radical (unpaired) electrons. The SMILES string of the molecule is Cc1cc(=O)oc2cc(Nc3nc(NCCN)nc(N4CCCCC4)n3)ccc12.Cl.N.N.[HH].[HH]. The summed E-state index contributed by atoms with van der Waals surface area (Å²) in [4.78, 5) is 27.5. The molecule has 1 aromatic carbocycles. The van der Waals surface area contributed by atoms with Crippen LogP contribution in [0, 0.1) is 6.92 Å². The van der Waals surface area contributed by atoms with Crippen LogP contribution in [0.5, 0.6) is 0 Å². The van der Waals surface area contributed by atoms with Gasteiger partial charge in [-0.1, -0.05) is 0 Å². The lowest BCUT2D eigenvalue weighted by molar-refractivity contribution is 0.560. The number of piperidine rings is 1. The molecule has 0 spiro atoms. The lowest BCUT2D eigenvalue weighted by atomic mass is 10.1. The molecule has 1 fully saturated rings. The van der Waals surface area contributed by atoms with E-state index in [2.05, 4.69) is 30.5 Å². The summed E-state index contributed by atoms with van der Waals surface area (Å²) in [7, 11) is 0. The van der Waals surface area contributed by atoms with Gasteiger partial charge in [0.2, 0.25) is 17.8 Å². The summed E-state index contributed by atoms with van der Waals surface area (Å²) in [6.45, 7) is 4.80. The maximum Gasteiger partial charge on any atom is 0.336 e. The number of nitrogens with zero attached hydrogens (tertiary/aromatic N) is 4. The largest absolute Gasteiger partial charge is 0.423 e. The monoisotopic (exact) mass is 469 g/mol. The van der Waals surface area contributed by atoms with Crippen molar-refractivity contribution in [3.63, 3.8) is 0 Å². The molecule has 2 aromatic heterocycles. The van der Waals surface area contributed by atoms with Crippen LogP contribution >= 0.6 is 12.4 Å². The number of hydrogen-bond donors (Lipinski definition) is 5. The van der Waals surface area contributed by atoms with Crippen molar-refractivity contribution in [1.29, 1.82) is 0 Å². The molecule has 1 aliphatic rings. The number of nitrogens with two attached hydrogens (primary N) is 1. The third-order valence-corrected chi connectivity index (χ3v) is 4.90. The van der Waals surface area contributed by atoms with Crippen LogP contribution in [0.25, 0.3) is 11.0 Å². The first-order chi connectivity index (χ1) is 14.1. The number of aryl methyl sites for hydroxylation is 1. The van der Waals surface area contributed by atoms with Gasteiger partial charge in [-0.15, -0.1) is 12.4 Å². The van der Waals surface area contributed by atoms with E-state index in [0.717, 1.165) is 42.6 Å². The summed E-state index contributed by atoms with van der Waals surface area (Å²) in [5.74, 6) is 1.55. The summed E-state index contributed by atoms with van der Waals surface area (Å²) in [5.41, 5.74) is 7.36. The Morgan fingerprint density at radius 2 is 1.81 bits per heavy atom. The van der Waals surface area contributed by atoms with Gasteiger partial charge in [0, 0.05) is 52.2 Å². The lowest BCUT2D eigenvalue weighted by Gasteiger charge is -2.27. The van der Waals surface area contributed by atoms with Gasteiger partial charge in [-0.3, -0.25) is 0 Å². The average molecular weight is 470 g/mol. The predicted octanol–water partition coefficient (Wildman–Crippen LogP) is 3.63. The molecule has 180 valence electrons. The Kier molecular flexibility index (Phi) is 10.3. The van der Waals surface area contributed by atoms with E-state index in [4.69, 9.17) is 10.2 Å². The molecule has 1 aliphatic heterocycles. The van der Waals surface area contributed by atoms with Crippen molar-refractivity contribution in [1.82, 2.24) is 27.3 Å². The highest BCUT2D eigenvalue weighted by molar-refractivity contribution is 5.85. The molecule has 1 saturated heterocycles. The number of hydrogen-bond acceptors (Lipinski definition) is 11. The van der Waals surface area contributed by atoms with E-state index in [1.165, 1.54) is 12.5 Å². The molecule has 0 aliphatic carbocycles. The number of fused-ring (bicyclic) bond motifs is 1. The van der Waals surface area contributed by atoms with Crippen LogP contribution in [0.2, 0.25) is 0 Å². The Bertz CT molecular complexity index is 1080. The second kappa shape index (κ2) is 12.2. The molecule has 12 heteroatoms. The zero-order chi connectivity index (χ0) is 20.2. The number of aromatic nitrogens is 3. The van der Waals surface area contributed by atoms with E-state index >= 15 is 0 Å². The van der Waals surface area contributed by atoms with Crippen LogP contribution in [0.4, 0.5) is 23.5 Å². The Morgan fingerprint density at radius 3 is 2.53 bits per heavy atom. The zero-order valence-corrected chi connectivity index (χ0v) is 19.1. The second-order valence-corrected chi connectivity index (χ2v) is 7.13. The Morgan fingerprint density at radius 1 is 1.09 bits per heavy atom. The normalized spacial score (nSPS) is 12.9. The van der Waals surface area contributed by atoms with Crippen molar-refractivity contribution >= 4 is 46.9 Å². The van der Waals surface area contributed by atoms with E-state index in [1.54, 1.807) is 6.07 Å². The molecule has 0 bridgehead atoms. The maximum atomic E-state index is 11.7. The van der Waals surface area contributed by atoms with E-state index in [-0.39, 0.29) is 33.2 Å². The maximum absolute atomic E-state index is 11.7. The molecule has 0 unspecified atom stereocenters. The Labute approximate surface area is 195 Å². The van der Waals surface area contributed by atoms with Crippen LogP contribution in [-0.4, -0.2) is 41.1 Å². The topological polar surface area (TPSA) is 192 Å². The van der Waals surface area contributed by atoms with Gasteiger partial charge >= 0.3 is 5.63 Å². The second-order valence-electron chi connectivity index (χ2n) is 7.13. The minimum atomic E-state index is -0.368. The minimum absolute atomic E-state index is 0. The molecule has 0 atom stereocenters. The fourth-order valence-electron chi connectivity index (χ4n) is 3.45. The van der Waals surface area contributed by atoms with Crippen LogP contribution in [0.1, 0.15) is 27.7 Å². The third-order valence-electron chi connectivity index (χ3n) is 4.90. The summed E-state index contributed by atoms with van der Waals surface area (Å²) >= 11 is 0. The van der Waals surface area contributed by atoms with Gasteiger partial charge in [0.05, 0.1) is 0 Å². The summed E-state index contributed by atoms with van der Waals surface area (Å²) in [6, 6.07) is 7.09. The molecular weight excluding hydrogens is 434 g/mol. The van der Waals surface area contributed by atoms with Crippen molar-refractivity contribution in [2.24, 2.45) is 5.73 Å². The van der Waals surface area contributed by atoms with E-state index in [9.17, 15) is 4.79 Å². The van der Waals surface area contributed by atoms with Gasteiger partial charge in [0.25, 0.3) is 0 Å². The highest BCUT2D eigenvalue weighted by Gasteiger charge is 2.16.